The van der Waals surface area contributed by atoms with Crippen molar-refractivity contribution in [2.75, 3.05) is 13.6 Å². The predicted octanol–water partition coefficient (Wildman–Crippen LogP) is 3.52. The van der Waals surface area contributed by atoms with E-state index in [1.165, 1.54) is 6.07 Å². The summed E-state index contributed by atoms with van der Waals surface area (Å²) in [4.78, 5) is 4.19. The van der Waals surface area contributed by atoms with Gasteiger partial charge in [0, 0.05) is 20.1 Å². The van der Waals surface area contributed by atoms with Gasteiger partial charge in [-0.1, -0.05) is 30.3 Å². The molecule has 25 heavy (non-hydrogen) atoms. The van der Waals surface area contributed by atoms with Crippen LogP contribution in [-0.4, -0.2) is 25.7 Å². The minimum atomic E-state index is -0.170. The Morgan fingerprint density at radius 2 is 1.80 bits per heavy atom. The Bertz CT molecular complexity index is 684. The number of hydrogen-bond donors (Lipinski definition) is 2. The molecule has 2 aromatic carbocycles. The van der Waals surface area contributed by atoms with Crippen LogP contribution in [0.15, 0.2) is 53.5 Å². The first-order valence-corrected chi connectivity index (χ1v) is 8.52. The van der Waals surface area contributed by atoms with Crippen LogP contribution >= 0.6 is 0 Å². The zero-order valence-electron chi connectivity index (χ0n) is 15.1. The molecule has 0 aliphatic heterocycles. The molecule has 0 aliphatic carbocycles. The van der Waals surface area contributed by atoms with E-state index in [0.29, 0.717) is 31.0 Å². The standard InChI is InChI=1S/C20H26FN3O/c1-15(2)25-18-10-8-16(9-11-18)14-24-20(22-3)23-13-12-17-6-4-5-7-19(17)21/h4-11,15H,12-14H2,1-3H3,(H2,22,23,24). The van der Waals surface area contributed by atoms with Gasteiger partial charge in [0.25, 0.3) is 0 Å². The van der Waals surface area contributed by atoms with Crippen LogP contribution in [0.2, 0.25) is 0 Å². The second-order valence-corrected chi connectivity index (χ2v) is 6.00. The third-order valence-electron chi connectivity index (χ3n) is 3.62. The molecular formula is C20H26FN3O. The van der Waals surface area contributed by atoms with Gasteiger partial charge >= 0.3 is 0 Å². The highest BCUT2D eigenvalue weighted by atomic mass is 19.1. The first kappa shape index (κ1) is 18.8. The van der Waals surface area contributed by atoms with Crippen molar-refractivity contribution in [3.63, 3.8) is 0 Å². The summed E-state index contributed by atoms with van der Waals surface area (Å²) < 4.78 is 19.2. The van der Waals surface area contributed by atoms with Crippen molar-refractivity contribution in [1.82, 2.24) is 10.6 Å². The topological polar surface area (TPSA) is 45.7 Å². The lowest BCUT2D eigenvalue weighted by atomic mass is 10.1. The van der Waals surface area contributed by atoms with Crippen LogP contribution in [0, 0.1) is 5.82 Å². The highest BCUT2D eigenvalue weighted by molar-refractivity contribution is 5.79. The summed E-state index contributed by atoms with van der Waals surface area (Å²) >= 11 is 0. The van der Waals surface area contributed by atoms with Crippen molar-refractivity contribution >= 4 is 5.96 Å². The van der Waals surface area contributed by atoms with Crippen molar-refractivity contribution in [3.05, 3.63) is 65.5 Å². The van der Waals surface area contributed by atoms with E-state index in [9.17, 15) is 4.39 Å². The lowest BCUT2D eigenvalue weighted by Crippen LogP contribution is -2.37. The van der Waals surface area contributed by atoms with Crippen LogP contribution < -0.4 is 15.4 Å². The van der Waals surface area contributed by atoms with Gasteiger partial charge in [-0.05, 0) is 49.6 Å². The molecule has 0 fully saturated rings. The number of benzene rings is 2. The fourth-order valence-corrected chi connectivity index (χ4v) is 2.38. The molecule has 0 heterocycles. The third kappa shape index (κ3) is 6.45. The molecule has 5 heteroatoms. The van der Waals surface area contributed by atoms with Gasteiger partial charge in [-0.2, -0.15) is 0 Å². The molecule has 2 N–H and O–H groups in total. The molecule has 0 saturated carbocycles. The lowest BCUT2D eigenvalue weighted by Gasteiger charge is -2.13. The van der Waals surface area contributed by atoms with Crippen LogP contribution in [-0.2, 0) is 13.0 Å². The number of aliphatic imine (C=N–C) groups is 1. The molecule has 0 saturated heterocycles. The van der Waals surface area contributed by atoms with Crippen molar-refractivity contribution in [2.24, 2.45) is 4.99 Å². The van der Waals surface area contributed by atoms with Gasteiger partial charge in [0.1, 0.15) is 11.6 Å². The maximum absolute atomic E-state index is 13.6. The molecule has 0 aromatic heterocycles. The molecule has 0 unspecified atom stereocenters. The van der Waals surface area contributed by atoms with Crippen molar-refractivity contribution < 1.29 is 9.13 Å². The van der Waals surface area contributed by atoms with Gasteiger partial charge in [0.15, 0.2) is 5.96 Å². The molecular weight excluding hydrogens is 317 g/mol. The van der Waals surface area contributed by atoms with Crippen LogP contribution in [0.3, 0.4) is 0 Å². The Morgan fingerprint density at radius 3 is 2.44 bits per heavy atom. The largest absolute Gasteiger partial charge is 0.491 e. The average molecular weight is 343 g/mol. The molecule has 0 radical (unpaired) electrons. The molecule has 2 aromatic rings. The van der Waals surface area contributed by atoms with Gasteiger partial charge in [0.2, 0.25) is 0 Å². The zero-order valence-corrected chi connectivity index (χ0v) is 15.1. The Kier molecular flexibility index (Phi) is 7.26. The number of ether oxygens (including phenoxy) is 1. The normalized spacial score (nSPS) is 11.5. The highest BCUT2D eigenvalue weighted by Crippen LogP contribution is 2.13. The predicted molar refractivity (Wildman–Crippen MR) is 101 cm³/mol. The van der Waals surface area contributed by atoms with E-state index in [4.69, 9.17) is 4.74 Å². The fraction of sp³-hybridized carbons (Fsp3) is 0.350. The summed E-state index contributed by atoms with van der Waals surface area (Å²) in [6, 6.07) is 14.8. The van der Waals surface area contributed by atoms with Crippen LogP contribution in [0.25, 0.3) is 0 Å². The van der Waals surface area contributed by atoms with Crippen molar-refractivity contribution in [3.8, 4) is 5.75 Å². The van der Waals surface area contributed by atoms with Crippen molar-refractivity contribution in [2.45, 2.75) is 32.9 Å². The van der Waals surface area contributed by atoms with Crippen LogP contribution in [0.5, 0.6) is 5.75 Å². The molecule has 0 amide bonds. The molecule has 4 nitrogen and oxygen atoms in total. The van der Waals surface area contributed by atoms with Crippen LogP contribution in [0.1, 0.15) is 25.0 Å². The minimum Gasteiger partial charge on any atom is -0.491 e. The number of halogens is 1. The third-order valence-corrected chi connectivity index (χ3v) is 3.62. The monoisotopic (exact) mass is 343 g/mol. The maximum Gasteiger partial charge on any atom is 0.191 e. The van der Waals surface area contributed by atoms with E-state index < -0.39 is 0 Å². The van der Waals surface area contributed by atoms with E-state index in [1.54, 1.807) is 19.2 Å². The zero-order chi connectivity index (χ0) is 18.1. The molecule has 0 spiro atoms. The number of hydrogen-bond acceptors (Lipinski definition) is 2. The summed E-state index contributed by atoms with van der Waals surface area (Å²) in [5.74, 6) is 1.39. The first-order chi connectivity index (χ1) is 12.1. The second kappa shape index (κ2) is 9.67. The van der Waals surface area contributed by atoms with Crippen LogP contribution in [0.4, 0.5) is 4.39 Å². The highest BCUT2D eigenvalue weighted by Gasteiger charge is 2.03. The first-order valence-electron chi connectivity index (χ1n) is 8.52. The summed E-state index contributed by atoms with van der Waals surface area (Å²) in [6.07, 6.45) is 0.774. The quantitative estimate of drug-likeness (QED) is 0.597. The molecule has 0 bridgehead atoms. The Balaban J connectivity index is 1.77. The maximum atomic E-state index is 13.6. The van der Waals surface area contributed by atoms with Gasteiger partial charge in [0.05, 0.1) is 6.10 Å². The molecule has 0 atom stereocenters. The Hall–Kier alpha value is -2.56. The Labute approximate surface area is 149 Å². The van der Waals surface area contributed by atoms with Gasteiger partial charge < -0.3 is 15.4 Å². The second-order valence-electron chi connectivity index (χ2n) is 6.00. The Morgan fingerprint density at radius 1 is 1.08 bits per heavy atom. The van der Waals surface area contributed by atoms with E-state index in [0.717, 1.165) is 11.3 Å². The van der Waals surface area contributed by atoms with E-state index >= 15 is 0 Å². The summed E-state index contributed by atoms with van der Waals surface area (Å²) in [6.45, 7) is 5.28. The number of nitrogens with one attached hydrogen (secondary N) is 2. The van der Waals surface area contributed by atoms with Gasteiger partial charge in [-0.25, -0.2) is 4.39 Å². The number of nitrogens with zero attached hydrogens (tertiary/aromatic N) is 1. The lowest BCUT2D eigenvalue weighted by molar-refractivity contribution is 0.242. The number of rotatable bonds is 7. The van der Waals surface area contributed by atoms with E-state index in [-0.39, 0.29) is 11.9 Å². The summed E-state index contributed by atoms with van der Waals surface area (Å²) in [7, 11) is 1.72. The SMILES string of the molecule is CN=C(NCCc1ccccc1F)NCc1ccc(OC(C)C)cc1. The van der Waals surface area contributed by atoms with Gasteiger partial charge in [-0.15, -0.1) is 0 Å². The summed E-state index contributed by atoms with van der Waals surface area (Å²) in [5.41, 5.74) is 1.83. The molecule has 134 valence electrons. The fourth-order valence-electron chi connectivity index (χ4n) is 2.38. The van der Waals surface area contributed by atoms with E-state index in [2.05, 4.69) is 15.6 Å². The summed E-state index contributed by atoms with van der Waals surface area (Å²) in [5, 5.41) is 6.45. The minimum absolute atomic E-state index is 0.168. The smallest absolute Gasteiger partial charge is 0.191 e. The average Bonchev–Trinajstić information content (AvgIpc) is 2.60. The molecule has 0 aliphatic rings. The molecule has 2 rings (SSSR count). The van der Waals surface area contributed by atoms with E-state index in [1.807, 2.05) is 44.2 Å². The van der Waals surface area contributed by atoms with Crippen molar-refractivity contribution in [1.29, 1.82) is 0 Å². The number of guanidine groups is 1. The van der Waals surface area contributed by atoms with Gasteiger partial charge in [-0.3, -0.25) is 4.99 Å².